The van der Waals surface area contributed by atoms with Crippen LogP contribution in [0.25, 0.3) is 5.82 Å². The van der Waals surface area contributed by atoms with Crippen LogP contribution in [0.5, 0.6) is 0 Å². The van der Waals surface area contributed by atoms with Crippen LogP contribution in [0.3, 0.4) is 0 Å². The standard InChI is InChI=1S/C15H19N7/c1-11-7-15(19-12(2)14(11)8-16)22-18-9-13(20-22)10-21-5-3-17-4-6-21/h7,9,17H,3-6,10H2,1-2H3. The van der Waals surface area contributed by atoms with Gasteiger partial charge >= 0.3 is 0 Å². The number of rotatable bonds is 3. The van der Waals surface area contributed by atoms with E-state index in [0.717, 1.165) is 44.0 Å². The van der Waals surface area contributed by atoms with Crippen molar-refractivity contribution in [3.8, 4) is 11.9 Å². The number of nitrogens with one attached hydrogen (secondary N) is 1. The Hall–Kier alpha value is -2.30. The van der Waals surface area contributed by atoms with Crippen LogP contribution >= 0.6 is 0 Å². The first-order valence-corrected chi connectivity index (χ1v) is 7.40. The molecule has 114 valence electrons. The molecular formula is C15H19N7. The van der Waals surface area contributed by atoms with Crippen LogP contribution in [0.15, 0.2) is 12.3 Å². The zero-order valence-corrected chi connectivity index (χ0v) is 12.9. The van der Waals surface area contributed by atoms with Crippen molar-refractivity contribution in [1.29, 1.82) is 5.26 Å². The first kappa shape index (κ1) is 14.6. The monoisotopic (exact) mass is 297 g/mol. The van der Waals surface area contributed by atoms with Gasteiger partial charge in [-0.05, 0) is 25.5 Å². The van der Waals surface area contributed by atoms with Crippen LogP contribution in [-0.4, -0.2) is 51.1 Å². The average molecular weight is 297 g/mol. The predicted octanol–water partition coefficient (Wildman–Crippen LogP) is 0.556. The van der Waals surface area contributed by atoms with Crippen LogP contribution < -0.4 is 5.32 Å². The molecule has 0 saturated carbocycles. The Morgan fingerprint density at radius 1 is 1.32 bits per heavy atom. The highest BCUT2D eigenvalue weighted by atomic mass is 15.5. The normalized spacial score (nSPS) is 15.7. The molecule has 1 aliphatic heterocycles. The molecule has 3 rings (SSSR count). The molecule has 1 saturated heterocycles. The summed E-state index contributed by atoms with van der Waals surface area (Å²) in [6.07, 6.45) is 1.78. The molecule has 2 aromatic heterocycles. The average Bonchev–Trinajstić information content (AvgIpc) is 2.96. The van der Waals surface area contributed by atoms with Crippen molar-refractivity contribution in [1.82, 2.24) is 30.2 Å². The van der Waals surface area contributed by atoms with E-state index in [0.29, 0.717) is 17.1 Å². The Morgan fingerprint density at radius 2 is 2.09 bits per heavy atom. The zero-order chi connectivity index (χ0) is 15.5. The molecule has 1 N–H and O–H groups in total. The molecule has 0 spiro atoms. The number of hydrogen-bond donors (Lipinski definition) is 1. The Morgan fingerprint density at radius 3 is 2.77 bits per heavy atom. The number of nitriles is 1. The molecule has 7 nitrogen and oxygen atoms in total. The Kier molecular flexibility index (Phi) is 4.13. The minimum absolute atomic E-state index is 0.622. The van der Waals surface area contributed by atoms with E-state index in [4.69, 9.17) is 5.26 Å². The molecule has 1 fully saturated rings. The summed E-state index contributed by atoms with van der Waals surface area (Å²) in [5.41, 5.74) is 3.16. The van der Waals surface area contributed by atoms with Crippen molar-refractivity contribution in [3.05, 3.63) is 34.8 Å². The van der Waals surface area contributed by atoms with E-state index in [-0.39, 0.29) is 0 Å². The number of aromatic nitrogens is 4. The summed E-state index contributed by atoms with van der Waals surface area (Å²) in [6, 6.07) is 4.02. The largest absolute Gasteiger partial charge is 0.314 e. The zero-order valence-electron chi connectivity index (χ0n) is 12.9. The van der Waals surface area contributed by atoms with E-state index in [1.807, 2.05) is 19.9 Å². The molecule has 0 atom stereocenters. The lowest BCUT2D eigenvalue weighted by molar-refractivity contribution is 0.230. The molecule has 0 bridgehead atoms. The van der Waals surface area contributed by atoms with Crippen molar-refractivity contribution in [3.63, 3.8) is 0 Å². The maximum absolute atomic E-state index is 9.11. The molecule has 0 radical (unpaired) electrons. The summed E-state index contributed by atoms with van der Waals surface area (Å²) >= 11 is 0. The highest BCUT2D eigenvalue weighted by Gasteiger charge is 2.13. The van der Waals surface area contributed by atoms with Gasteiger partial charge in [0.1, 0.15) is 6.07 Å². The summed E-state index contributed by atoms with van der Waals surface area (Å²) in [6.45, 7) is 8.63. The van der Waals surface area contributed by atoms with Gasteiger partial charge in [0.25, 0.3) is 0 Å². The van der Waals surface area contributed by atoms with Gasteiger partial charge in [0.05, 0.1) is 23.1 Å². The molecule has 0 amide bonds. The van der Waals surface area contributed by atoms with Gasteiger partial charge < -0.3 is 5.32 Å². The summed E-state index contributed by atoms with van der Waals surface area (Å²) in [5, 5.41) is 21.3. The van der Waals surface area contributed by atoms with Crippen LogP contribution in [0.4, 0.5) is 0 Å². The smallest absolute Gasteiger partial charge is 0.174 e. The van der Waals surface area contributed by atoms with Crippen molar-refractivity contribution < 1.29 is 0 Å². The fraction of sp³-hybridized carbons (Fsp3) is 0.467. The fourth-order valence-electron chi connectivity index (χ4n) is 2.66. The Bertz CT molecular complexity index is 684. The second-order valence-corrected chi connectivity index (χ2v) is 5.52. The molecule has 7 heteroatoms. The first-order valence-electron chi connectivity index (χ1n) is 7.40. The minimum atomic E-state index is 0.622. The van der Waals surface area contributed by atoms with Crippen LogP contribution in [0.1, 0.15) is 22.5 Å². The van der Waals surface area contributed by atoms with Gasteiger partial charge in [0.2, 0.25) is 0 Å². The maximum Gasteiger partial charge on any atom is 0.174 e. The molecule has 3 heterocycles. The molecule has 1 aliphatic rings. The Labute approximate surface area is 129 Å². The summed E-state index contributed by atoms with van der Waals surface area (Å²) in [4.78, 5) is 8.32. The number of aryl methyl sites for hydroxylation is 2. The summed E-state index contributed by atoms with van der Waals surface area (Å²) in [5.74, 6) is 0.653. The lowest BCUT2D eigenvalue weighted by Gasteiger charge is -2.25. The second-order valence-electron chi connectivity index (χ2n) is 5.52. The van der Waals surface area contributed by atoms with E-state index < -0.39 is 0 Å². The lowest BCUT2D eigenvalue weighted by atomic mass is 10.1. The molecule has 22 heavy (non-hydrogen) atoms. The molecule has 0 aromatic carbocycles. The van der Waals surface area contributed by atoms with E-state index in [2.05, 4.69) is 31.5 Å². The van der Waals surface area contributed by atoms with Crippen molar-refractivity contribution in [2.45, 2.75) is 20.4 Å². The molecule has 0 unspecified atom stereocenters. The number of hydrogen-bond acceptors (Lipinski definition) is 6. The molecule has 0 aliphatic carbocycles. The van der Waals surface area contributed by atoms with E-state index in [1.165, 1.54) is 0 Å². The SMILES string of the molecule is Cc1cc(-n2ncc(CN3CCNCC3)n2)nc(C)c1C#N. The van der Waals surface area contributed by atoms with Gasteiger partial charge in [0, 0.05) is 32.7 Å². The lowest BCUT2D eigenvalue weighted by Crippen LogP contribution is -2.42. The Balaban J connectivity index is 1.80. The number of piperazine rings is 1. The fourth-order valence-corrected chi connectivity index (χ4v) is 2.66. The van der Waals surface area contributed by atoms with Gasteiger partial charge in [-0.2, -0.15) is 15.5 Å². The first-order chi connectivity index (χ1) is 10.7. The third kappa shape index (κ3) is 2.98. The van der Waals surface area contributed by atoms with Gasteiger partial charge in [0.15, 0.2) is 5.82 Å². The number of pyridine rings is 1. The van der Waals surface area contributed by atoms with Crippen molar-refractivity contribution in [2.24, 2.45) is 0 Å². The third-order valence-electron chi connectivity index (χ3n) is 3.84. The maximum atomic E-state index is 9.11. The highest BCUT2D eigenvalue weighted by Crippen LogP contribution is 2.14. The van der Waals surface area contributed by atoms with Crippen LogP contribution in [-0.2, 0) is 6.54 Å². The summed E-state index contributed by atoms with van der Waals surface area (Å²) in [7, 11) is 0. The van der Waals surface area contributed by atoms with Crippen LogP contribution in [0.2, 0.25) is 0 Å². The third-order valence-corrected chi connectivity index (χ3v) is 3.84. The number of nitrogens with zero attached hydrogens (tertiary/aromatic N) is 6. The quantitative estimate of drug-likeness (QED) is 0.891. The predicted molar refractivity (Wildman–Crippen MR) is 81.5 cm³/mol. The molecular weight excluding hydrogens is 278 g/mol. The van der Waals surface area contributed by atoms with Crippen LogP contribution in [0, 0.1) is 25.2 Å². The van der Waals surface area contributed by atoms with Gasteiger partial charge in [-0.1, -0.05) is 0 Å². The topological polar surface area (TPSA) is 82.7 Å². The van der Waals surface area contributed by atoms with Gasteiger partial charge in [-0.3, -0.25) is 4.90 Å². The van der Waals surface area contributed by atoms with Crippen molar-refractivity contribution >= 4 is 0 Å². The van der Waals surface area contributed by atoms with Gasteiger partial charge in [-0.25, -0.2) is 4.98 Å². The highest BCUT2D eigenvalue weighted by molar-refractivity contribution is 5.43. The van der Waals surface area contributed by atoms with E-state index in [9.17, 15) is 0 Å². The van der Waals surface area contributed by atoms with E-state index in [1.54, 1.807) is 11.0 Å². The molecule has 2 aromatic rings. The van der Waals surface area contributed by atoms with E-state index >= 15 is 0 Å². The second kappa shape index (κ2) is 6.22. The van der Waals surface area contributed by atoms with Crippen molar-refractivity contribution in [2.75, 3.05) is 26.2 Å². The summed E-state index contributed by atoms with van der Waals surface area (Å²) < 4.78 is 0. The minimum Gasteiger partial charge on any atom is -0.314 e. The van der Waals surface area contributed by atoms with Gasteiger partial charge in [-0.15, -0.1) is 4.80 Å².